The van der Waals surface area contributed by atoms with Crippen LogP contribution in [0.25, 0.3) is 0 Å². The minimum Gasteiger partial charge on any atom is -0.462 e. The Labute approximate surface area is 500 Å². The topological polar surface area (TPSA) is 78.9 Å². The van der Waals surface area contributed by atoms with Crippen molar-refractivity contribution in [2.75, 3.05) is 13.2 Å². The van der Waals surface area contributed by atoms with E-state index in [-0.39, 0.29) is 31.1 Å². The SMILES string of the molecule is CC/C=C\C/C=C\C/C=C\C/C=C\C/C=C\C/C=C\C/C=C\C/C=C\C/C=C\C/C=C\CCCCCCC(=O)OCC(COC(=O)CCCCCCCCC)OC(=O)CCCCCCCCCCC/C=C\CCCCCCCCCC. The number of hydrogen-bond acceptors (Lipinski definition) is 6. The Morgan fingerprint density at radius 2 is 0.481 bits per heavy atom. The van der Waals surface area contributed by atoms with Gasteiger partial charge in [0, 0.05) is 19.3 Å². The molecule has 460 valence electrons. The van der Waals surface area contributed by atoms with Gasteiger partial charge in [0.2, 0.25) is 0 Å². The summed E-state index contributed by atoms with van der Waals surface area (Å²) >= 11 is 0. The van der Waals surface area contributed by atoms with Gasteiger partial charge >= 0.3 is 17.9 Å². The van der Waals surface area contributed by atoms with E-state index < -0.39 is 6.10 Å². The lowest BCUT2D eigenvalue weighted by atomic mass is 10.1. The average Bonchev–Trinajstić information content (AvgIpc) is 3.47. The van der Waals surface area contributed by atoms with Crippen LogP contribution in [0.15, 0.2) is 134 Å². The minimum atomic E-state index is -0.791. The Bertz CT molecular complexity index is 1720. The molecule has 0 aromatic heterocycles. The van der Waals surface area contributed by atoms with Crippen LogP contribution >= 0.6 is 0 Å². The van der Waals surface area contributed by atoms with Crippen LogP contribution in [0.3, 0.4) is 0 Å². The van der Waals surface area contributed by atoms with E-state index in [0.717, 1.165) is 135 Å². The van der Waals surface area contributed by atoms with Crippen LogP contribution in [-0.2, 0) is 28.6 Å². The summed E-state index contributed by atoms with van der Waals surface area (Å²) in [6.07, 6.45) is 96.3. The monoisotopic (exact) mass is 1120 g/mol. The number of allylic oxidation sites excluding steroid dienone is 22. The number of rotatable bonds is 60. The molecule has 0 rings (SSSR count). The second-order valence-corrected chi connectivity index (χ2v) is 22.0. The van der Waals surface area contributed by atoms with E-state index in [1.54, 1.807) is 0 Å². The van der Waals surface area contributed by atoms with Gasteiger partial charge in [-0.05, 0) is 122 Å². The molecule has 0 aliphatic heterocycles. The predicted molar refractivity (Wildman–Crippen MR) is 353 cm³/mol. The van der Waals surface area contributed by atoms with E-state index >= 15 is 0 Å². The van der Waals surface area contributed by atoms with Crippen LogP contribution in [0.4, 0.5) is 0 Å². The lowest BCUT2D eigenvalue weighted by molar-refractivity contribution is -0.167. The lowest BCUT2D eigenvalue weighted by Gasteiger charge is -2.18. The van der Waals surface area contributed by atoms with Gasteiger partial charge in [0.1, 0.15) is 13.2 Å². The maximum atomic E-state index is 12.9. The first kappa shape index (κ1) is 76.5. The highest BCUT2D eigenvalue weighted by Crippen LogP contribution is 2.15. The quantitative estimate of drug-likeness (QED) is 0.0261. The van der Waals surface area contributed by atoms with Crippen LogP contribution in [0.2, 0.25) is 0 Å². The fourth-order valence-electron chi connectivity index (χ4n) is 9.11. The summed E-state index contributed by atoms with van der Waals surface area (Å²) in [6, 6.07) is 0. The van der Waals surface area contributed by atoms with Crippen molar-refractivity contribution >= 4 is 17.9 Å². The molecule has 0 saturated heterocycles. The van der Waals surface area contributed by atoms with E-state index in [1.807, 2.05) is 0 Å². The van der Waals surface area contributed by atoms with Gasteiger partial charge in [0.25, 0.3) is 0 Å². The molecule has 0 aliphatic rings. The second kappa shape index (κ2) is 68.1. The molecule has 81 heavy (non-hydrogen) atoms. The molecule has 6 heteroatoms. The molecule has 1 unspecified atom stereocenters. The van der Waals surface area contributed by atoms with Crippen molar-refractivity contribution in [3.05, 3.63) is 134 Å². The van der Waals surface area contributed by atoms with Crippen molar-refractivity contribution in [1.29, 1.82) is 0 Å². The number of carbonyl (C=O) groups excluding carboxylic acids is 3. The zero-order valence-electron chi connectivity index (χ0n) is 52.8. The van der Waals surface area contributed by atoms with Crippen LogP contribution in [0.5, 0.6) is 0 Å². The average molecular weight is 1120 g/mol. The molecule has 0 aromatic carbocycles. The zero-order chi connectivity index (χ0) is 58.5. The molecule has 0 fully saturated rings. The van der Waals surface area contributed by atoms with Gasteiger partial charge in [0.15, 0.2) is 6.10 Å². The van der Waals surface area contributed by atoms with Crippen molar-refractivity contribution in [1.82, 2.24) is 0 Å². The van der Waals surface area contributed by atoms with E-state index in [2.05, 4.69) is 154 Å². The van der Waals surface area contributed by atoms with Gasteiger partial charge in [-0.2, -0.15) is 0 Å². The summed E-state index contributed by atoms with van der Waals surface area (Å²) in [5.41, 5.74) is 0. The Kier molecular flexibility index (Phi) is 64.3. The molecule has 0 spiro atoms. The van der Waals surface area contributed by atoms with Gasteiger partial charge in [-0.1, -0.05) is 296 Å². The van der Waals surface area contributed by atoms with E-state index in [4.69, 9.17) is 14.2 Å². The number of unbranched alkanes of at least 4 members (excludes halogenated alkanes) is 27. The number of carbonyl (C=O) groups is 3. The van der Waals surface area contributed by atoms with Crippen LogP contribution < -0.4 is 0 Å². The number of esters is 3. The second-order valence-electron chi connectivity index (χ2n) is 22.0. The standard InChI is InChI=1S/C75H124O6/c1-4-7-10-13-16-18-20-22-24-26-28-30-31-32-33-34-35-36-37-38-39-40-41-42-43-45-46-48-50-52-54-56-59-62-65-68-74(77)80-71-72(70-79-73(76)67-64-61-58-15-12-9-6-3)81-75(78)69-66-63-60-57-55-53-51-49-47-44-29-27-25-23-21-19-17-14-11-8-5-2/h7,10,16,18,22,24,27-30,32-33,35-36,38-39,41-42,45-46,50,52,72H,4-6,8-9,11-15,17,19-21,23,25-26,31,34,37,40,43-44,47-49,51,53-71H2,1-3H3/b10-7-,18-16-,24-22-,29-27-,30-28-,33-32-,36-35-,39-38-,42-41-,46-45-,52-50-. The lowest BCUT2D eigenvalue weighted by Crippen LogP contribution is -2.30. The van der Waals surface area contributed by atoms with Gasteiger partial charge in [-0.25, -0.2) is 0 Å². The van der Waals surface area contributed by atoms with E-state index in [9.17, 15) is 14.4 Å². The largest absolute Gasteiger partial charge is 0.462 e. The third kappa shape index (κ3) is 66.2. The Morgan fingerprint density at radius 3 is 0.765 bits per heavy atom. The Hall–Kier alpha value is -4.45. The van der Waals surface area contributed by atoms with Gasteiger partial charge in [-0.3, -0.25) is 14.4 Å². The van der Waals surface area contributed by atoms with Crippen molar-refractivity contribution in [3.63, 3.8) is 0 Å². The summed E-state index contributed by atoms with van der Waals surface area (Å²) in [7, 11) is 0. The molecular formula is C75H124O6. The molecule has 0 N–H and O–H groups in total. The van der Waals surface area contributed by atoms with Crippen molar-refractivity contribution < 1.29 is 28.6 Å². The first-order valence-electron chi connectivity index (χ1n) is 33.7. The van der Waals surface area contributed by atoms with E-state index in [1.165, 1.54) is 128 Å². The summed E-state index contributed by atoms with van der Waals surface area (Å²) in [5.74, 6) is -0.919. The molecule has 0 aliphatic carbocycles. The Morgan fingerprint density at radius 1 is 0.259 bits per heavy atom. The maximum Gasteiger partial charge on any atom is 0.306 e. The molecule has 0 amide bonds. The third-order valence-corrected chi connectivity index (χ3v) is 14.1. The minimum absolute atomic E-state index is 0.0879. The molecule has 0 bridgehead atoms. The first-order valence-corrected chi connectivity index (χ1v) is 33.7. The molecule has 6 nitrogen and oxygen atoms in total. The highest BCUT2D eigenvalue weighted by molar-refractivity contribution is 5.71. The summed E-state index contributed by atoms with van der Waals surface area (Å²) in [4.78, 5) is 38.1. The van der Waals surface area contributed by atoms with Crippen LogP contribution in [0, 0.1) is 0 Å². The van der Waals surface area contributed by atoms with Crippen LogP contribution in [0.1, 0.15) is 303 Å². The normalized spacial score (nSPS) is 13.0. The summed E-state index contributed by atoms with van der Waals surface area (Å²) in [6.45, 7) is 6.47. The molecule has 0 heterocycles. The Balaban J connectivity index is 4.20. The van der Waals surface area contributed by atoms with Crippen molar-refractivity contribution in [2.45, 2.75) is 309 Å². The van der Waals surface area contributed by atoms with Gasteiger partial charge in [-0.15, -0.1) is 0 Å². The fraction of sp³-hybridized carbons (Fsp3) is 0.667. The maximum absolute atomic E-state index is 12.9. The fourth-order valence-corrected chi connectivity index (χ4v) is 9.11. The summed E-state index contributed by atoms with van der Waals surface area (Å²) in [5, 5.41) is 0. The van der Waals surface area contributed by atoms with Gasteiger partial charge in [0.05, 0.1) is 0 Å². The molecule has 1 atom stereocenters. The first-order chi connectivity index (χ1) is 40.0. The smallest absolute Gasteiger partial charge is 0.306 e. The molecular weight excluding hydrogens is 997 g/mol. The highest BCUT2D eigenvalue weighted by Gasteiger charge is 2.19. The molecule has 0 aromatic rings. The van der Waals surface area contributed by atoms with E-state index in [0.29, 0.717) is 19.3 Å². The molecule has 0 saturated carbocycles. The van der Waals surface area contributed by atoms with Crippen LogP contribution in [-0.4, -0.2) is 37.2 Å². The number of hydrogen-bond donors (Lipinski definition) is 0. The zero-order valence-corrected chi connectivity index (χ0v) is 52.8. The highest BCUT2D eigenvalue weighted by atomic mass is 16.6. The number of ether oxygens (including phenoxy) is 3. The predicted octanol–water partition coefficient (Wildman–Crippen LogP) is 23.3. The van der Waals surface area contributed by atoms with Gasteiger partial charge < -0.3 is 14.2 Å². The van der Waals surface area contributed by atoms with Crippen molar-refractivity contribution in [2.24, 2.45) is 0 Å². The molecule has 0 radical (unpaired) electrons. The summed E-state index contributed by atoms with van der Waals surface area (Å²) < 4.78 is 16.8. The third-order valence-electron chi connectivity index (χ3n) is 14.1. The van der Waals surface area contributed by atoms with Crippen molar-refractivity contribution in [3.8, 4) is 0 Å².